The van der Waals surface area contributed by atoms with Gasteiger partial charge in [0.2, 0.25) is 5.89 Å². The van der Waals surface area contributed by atoms with Crippen molar-refractivity contribution in [2.45, 2.75) is 0 Å². The molecule has 0 unspecified atom stereocenters. The first kappa shape index (κ1) is 19.0. The van der Waals surface area contributed by atoms with Crippen LogP contribution >= 0.6 is 0 Å². The fraction of sp³-hybridized carbons (Fsp3) is 0.100. The van der Waals surface area contributed by atoms with E-state index < -0.39 is 16.7 Å². The molecule has 10 heteroatoms. The number of nitrogens with zero attached hydrogens (tertiary/aromatic N) is 2. The Kier molecular flexibility index (Phi) is 4.80. The number of aromatic nitrogens is 1. The highest BCUT2D eigenvalue weighted by molar-refractivity contribution is 6.03. The van der Waals surface area contributed by atoms with Crippen LogP contribution in [0.2, 0.25) is 0 Å². The van der Waals surface area contributed by atoms with Gasteiger partial charge in [0.15, 0.2) is 22.8 Å². The maximum Gasteiger partial charge on any atom is 0.433 e. The normalized spacial score (nSPS) is 10.7. The van der Waals surface area contributed by atoms with Crippen molar-refractivity contribution in [2.75, 3.05) is 19.5 Å². The maximum atomic E-state index is 12.2. The van der Waals surface area contributed by atoms with Gasteiger partial charge in [-0.05, 0) is 42.5 Å². The van der Waals surface area contributed by atoms with Gasteiger partial charge in [0.1, 0.15) is 10.4 Å². The van der Waals surface area contributed by atoms with Crippen molar-refractivity contribution in [3.8, 4) is 23.0 Å². The number of nitro groups is 1. The van der Waals surface area contributed by atoms with Crippen LogP contribution in [0.4, 0.5) is 11.6 Å². The van der Waals surface area contributed by atoms with E-state index in [0.29, 0.717) is 39.7 Å². The fourth-order valence-corrected chi connectivity index (χ4v) is 2.84. The molecule has 0 spiro atoms. The summed E-state index contributed by atoms with van der Waals surface area (Å²) in [5.74, 6) is 0.194. The van der Waals surface area contributed by atoms with E-state index in [9.17, 15) is 14.9 Å². The van der Waals surface area contributed by atoms with E-state index in [1.54, 1.807) is 43.5 Å². The number of benzene rings is 2. The van der Waals surface area contributed by atoms with Crippen LogP contribution in [0, 0.1) is 10.1 Å². The molecule has 2 aromatic carbocycles. The van der Waals surface area contributed by atoms with Crippen LogP contribution in [0.1, 0.15) is 10.6 Å². The molecule has 0 fully saturated rings. The number of nitrogens with one attached hydrogen (secondary N) is 1. The van der Waals surface area contributed by atoms with E-state index in [4.69, 9.17) is 18.3 Å². The Morgan fingerprint density at radius 2 is 1.83 bits per heavy atom. The SMILES string of the molecule is COc1ccc(-c2nc3cc(NC(=O)c4ccc([N+](=O)[O-])o4)ccc3o2)cc1OC. The summed E-state index contributed by atoms with van der Waals surface area (Å²) >= 11 is 0. The number of hydrogen-bond acceptors (Lipinski definition) is 8. The van der Waals surface area contributed by atoms with E-state index in [-0.39, 0.29) is 5.76 Å². The van der Waals surface area contributed by atoms with Gasteiger partial charge >= 0.3 is 5.88 Å². The lowest BCUT2D eigenvalue weighted by molar-refractivity contribution is -0.402. The molecule has 0 atom stereocenters. The van der Waals surface area contributed by atoms with Gasteiger partial charge in [-0.15, -0.1) is 0 Å². The van der Waals surface area contributed by atoms with Crippen molar-refractivity contribution in [3.05, 3.63) is 64.4 Å². The number of anilines is 1. The number of carbonyl (C=O) groups is 1. The van der Waals surface area contributed by atoms with E-state index >= 15 is 0 Å². The Balaban J connectivity index is 1.59. The van der Waals surface area contributed by atoms with Crippen LogP contribution in [0.3, 0.4) is 0 Å². The van der Waals surface area contributed by atoms with Gasteiger partial charge in [-0.1, -0.05) is 0 Å². The van der Waals surface area contributed by atoms with Crippen molar-refractivity contribution in [1.82, 2.24) is 4.98 Å². The Labute approximate surface area is 169 Å². The Morgan fingerprint density at radius 3 is 2.53 bits per heavy atom. The smallest absolute Gasteiger partial charge is 0.433 e. The summed E-state index contributed by atoms with van der Waals surface area (Å²) in [7, 11) is 3.09. The summed E-state index contributed by atoms with van der Waals surface area (Å²) in [6, 6.07) is 12.5. The third-order valence-electron chi connectivity index (χ3n) is 4.27. The zero-order valence-corrected chi connectivity index (χ0v) is 15.9. The molecule has 1 amide bonds. The molecular formula is C20H15N3O7. The van der Waals surface area contributed by atoms with Gasteiger partial charge in [-0.25, -0.2) is 4.98 Å². The van der Waals surface area contributed by atoms with Gasteiger partial charge < -0.3 is 23.6 Å². The molecule has 1 N–H and O–H groups in total. The molecule has 0 saturated carbocycles. The minimum Gasteiger partial charge on any atom is -0.493 e. The Bertz CT molecular complexity index is 1260. The lowest BCUT2D eigenvalue weighted by Gasteiger charge is -2.07. The molecule has 4 aromatic rings. The van der Waals surface area contributed by atoms with Gasteiger partial charge in [0, 0.05) is 11.3 Å². The predicted octanol–water partition coefficient (Wildman–Crippen LogP) is 4.27. The number of ether oxygens (including phenoxy) is 2. The minimum atomic E-state index is -0.714. The van der Waals surface area contributed by atoms with Crippen molar-refractivity contribution in [2.24, 2.45) is 0 Å². The number of oxazole rings is 1. The standard InChI is InChI=1S/C20H15N3O7/c1-27-15-5-3-11(9-17(15)28-2)20-22-13-10-12(4-6-14(13)30-20)21-19(24)16-7-8-18(29-16)23(25)26/h3-10H,1-2H3,(H,21,24). The quantitative estimate of drug-likeness (QED) is 0.369. The van der Waals surface area contributed by atoms with Gasteiger partial charge in [-0.2, -0.15) is 0 Å². The number of amides is 1. The van der Waals surface area contributed by atoms with E-state index in [1.165, 1.54) is 13.2 Å². The fourth-order valence-electron chi connectivity index (χ4n) is 2.84. The van der Waals surface area contributed by atoms with Gasteiger partial charge in [0.05, 0.1) is 20.3 Å². The van der Waals surface area contributed by atoms with Crippen LogP contribution in [-0.2, 0) is 0 Å². The van der Waals surface area contributed by atoms with Crippen molar-refractivity contribution < 1.29 is 28.0 Å². The summed E-state index contributed by atoms with van der Waals surface area (Å²) < 4.78 is 21.2. The molecule has 152 valence electrons. The summed E-state index contributed by atoms with van der Waals surface area (Å²) in [6.07, 6.45) is 0. The molecule has 4 rings (SSSR count). The molecule has 10 nitrogen and oxygen atoms in total. The Hall–Kier alpha value is -4.34. The largest absolute Gasteiger partial charge is 0.493 e. The molecule has 0 bridgehead atoms. The van der Waals surface area contributed by atoms with Crippen LogP contribution in [0.5, 0.6) is 11.5 Å². The molecule has 2 heterocycles. The van der Waals surface area contributed by atoms with Crippen molar-refractivity contribution in [1.29, 1.82) is 0 Å². The first-order valence-corrected chi connectivity index (χ1v) is 8.67. The predicted molar refractivity (Wildman–Crippen MR) is 106 cm³/mol. The highest BCUT2D eigenvalue weighted by Gasteiger charge is 2.18. The third-order valence-corrected chi connectivity index (χ3v) is 4.27. The second-order valence-electron chi connectivity index (χ2n) is 6.12. The summed E-state index contributed by atoms with van der Waals surface area (Å²) in [4.78, 5) is 26.7. The lowest BCUT2D eigenvalue weighted by atomic mass is 10.2. The average molecular weight is 409 g/mol. The molecule has 2 aromatic heterocycles. The molecule has 0 aliphatic rings. The van der Waals surface area contributed by atoms with Crippen LogP contribution in [0.25, 0.3) is 22.6 Å². The first-order valence-electron chi connectivity index (χ1n) is 8.67. The van der Waals surface area contributed by atoms with Crippen LogP contribution in [-0.4, -0.2) is 30.0 Å². The summed E-state index contributed by atoms with van der Waals surface area (Å²) in [5.41, 5.74) is 2.16. The average Bonchev–Trinajstić information content (AvgIpc) is 3.40. The molecule has 0 aliphatic heterocycles. The van der Waals surface area contributed by atoms with Gasteiger partial charge in [-0.3, -0.25) is 14.9 Å². The molecule has 0 radical (unpaired) electrons. The second-order valence-corrected chi connectivity index (χ2v) is 6.12. The van der Waals surface area contributed by atoms with E-state index in [0.717, 1.165) is 6.07 Å². The van der Waals surface area contributed by atoms with Crippen molar-refractivity contribution >= 4 is 28.6 Å². The second kappa shape index (κ2) is 7.59. The van der Waals surface area contributed by atoms with Crippen molar-refractivity contribution in [3.63, 3.8) is 0 Å². The highest BCUT2D eigenvalue weighted by atomic mass is 16.6. The maximum absolute atomic E-state index is 12.2. The molecular weight excluding hydrogens is 394 g/mol. The lowest BCUT2D eigenvalue weighted by Crippen LogP contribution is -2.10. The number of fused-ring (bicyclic) bond motifs is 1. The summed E-state index contributed by atoms with van der Waals surface area (Å²) in [6.45, 7) is 0. The number of methoxy groups -OCH3 is 2. The van der Waals surface area contributed by atoms with Crippen LogP contribution < -0.4 is 14.8 Å². The number of rotatable bonds is 6. The molecule has 0 aliphatic carbocycles. The number of carbonyl (C=O) groups excluding carboxylic acids is 1. The molecule has 0 saturated heterocycles. The topological polar surface area (TPSA) is 130 Å². The minimum absolute atomic E-state index is 0.173. The zero-order valence-electron chi connectivity index (χ0n) is 15.9. The number of furan rings is 1. The van der Waals surface area contributed by atoms with Gasteiger partial charge in [0.25, 0.3) is 5.91 Å². The van der Waals surface area contributed by atoms with E-state index in [2.05, 4.69) is 10.3 Å². The highest BCUT2D eigenvalue weighted by Crippen LogP contribution is 2.33. The first-order chi connectivity index (χ1) is 14.5. The third kappa shape index (κ3) is 3.53. The van der Waals surface area contributed by atoms with Crippen LogP contribution in [0.15, 0.2) is 57.4 Å². The zero-order chi connectivity index (χ0) is 21.3. The monoisotopic (exact) mass is 409 g/mol. The summed E-state index contributed by atoms with van der Waals surface area (Å²) in [5, 5.41) is 13.3. The van der Waals surface area contributed by atoms with E-state index in [1.807, 2.05) is 0 Å². The number of hydrogen-bond donors (Lipinski definition) is 1. The Morgan fingerprint density at radius 1 is 1.03 bits per heavy atom. The molecule has 30 heavy (non-hydrogen) atoms.